The van der Waals surface area contributed by atoms with Crippen molar-refractivity contribution in [1.82, 2.24) is 4.90 Å². The number of nitrogens with one attached hydrogen (secondary N) is 1. The van der Waals surface area contributed by atoms with Gasteiger partial charge in [0.25, 0.3) is 0 Å². The minimum Gasteiger partial charge on any atom is -0.381 e. The maximum atomic E-state index is 13.6. The Balaban J connectivity index is 1.45. The number of benzene rings is 2. The summed E-state index contributed by atoms with van der Waals surface area (Å²) >= 11 is 0. The fourth-order valence-electron chi connectivity index (χ4n) is 5.59. The molecule has 1 N–H and O–H groups in total. The highest BCUT2D eigenvalue weighted by molar-refractivity contribution is 6.03. The molecule has 1 unspecified atom stereocenters. The van der Waals surface area contributed by atoms with Crippen LogP contribution in [0, 0.1) is 11.8 Å². The summed E-state index contributed by atoms with van der Waals surface area (Å²) in [6.45, 7) is 7.71. The average molecular weight is 389 g/mol. The lowest BCUT2D eigenvalue weighted by Gasteiger charge is -2.46. The molecule has 2 aliphatic carbocycles. The molecule has 152 valence electrons. The lowest BCUT2D eigenvalue weighted by atomic mass is 9.61. The van der Waals surface area contributed by atoms with Crippen LogP contribution in [-0.2, 0) is 12.0 Å². The Morgan fingerprint density at radius 3 is 2.69 bits per heavy atom. The Morgan fingerprint density at radius 1 is 1.14 bits per heavy atom. The number of ketones is 1. The number of rotatable bonds is 5. The second-order valence-electron chi connectivity index (χ2n) is 9.66. The van der Waals surface area contributed by atoms with Crippen molar-refractivity contribution in [1.29, 1.82) is 0 Å². The summed E-state index contributed by atoms with van der Waals surface area (Å²) in [6.07, 6.45) is 5.03. The average Bonchev–Trinajstić information content (AvgIpc) is 3.56. The molecule has 29 heavy (non-hydrogen) atoms. The second kappa shape index (κ2) is 7.28. The molecule has 3 atom stereocenters. The Bertz CT molecular complexity index is 904. The summed E-state index contributed by atoms with van der Waals surface area (Å²) in [5.41, 5.74) is 4.68. The van der Waals surface area contributed by atoms with Crippen LogP contribution < -0.4 is 5.32 Å². The van der Waals surface area contributed by atoms with Gasteiger partial charge in [-0.15, -0.1) is 0 Å². The van der Waals surface area contributed by atoms with E-state index in [-0.39, 0.29) is 11.5 Å². The molecule has 3 nitrogen and oxygen atoms in total. The van der Waals surface area contributed by atoms with Crippen LogP contribution in [0.1, 0.15) is 61.0 Å². The van der Waals surface area contributed by atoms with Crippen molar-refractivity contribution >= 4 is 11.5 Å². The van der Waals surface area contributed by atoms with Crippen molar-refractivity contribution in [3.63, 3.8) is 0 Å². The van der Waals surface area contributed by atoms with Crippen molar-refractivity contribution in [2.45, 2.75) is 57.5 Å². The van der Waals surface area contributed by atoms with E-state index in [1.165, 1.54) is 30.4 Å². The molecule has 3 aliphatic rings. The number of fused-ring (bicyclic) bond motifs is 4. The molecule has 2 bridgehead atoms. The van der Waals surface area contributed by atoms with Gasteiger partial charge < -0.3 is 5.32 Å². The minimum atomic E-state index is 0.0544. The maximum absolute atomic E-state index is 13.6. The van der Waals surface area contributed by atoms with Crippen LogP contribution in [0.15, 0.2) is 48.5 Å². The first-order valence-corrected chi connectivity index (χ1v) is 11.3. The van der Waals surface area contributed by atoms with Crippen LogP contribution in [-0.4, -0.2) is 29.8 Å². The zero-order chi connectivity index (χ0) is 20.0. The first kappa shape index (κ1) is 18.9. The molecule has 3 heteroatoms. The lowest BCUT2D eigenvalue weighted by molar-refractivity contribution is 0.0642. The molecule has 0 radical (unpaired) electrons. The smallest absolute Gasteiger partial charge is 0.180 e. The third-order valence-corrected chi connectivity index (χ3v) is 7.71. The molecule has 0 spiro atoms. The molecule has 2 fully saturated rings. The molecule has 1 saturated heterocycles. The van der Waals surface area contributed by atoms with E-state index in [1.54, 1.807) is 0 Å². The van der Waals surface area contributed by atoms with Gasteiger partial charge in [0.1, 0.15) is 0 Å². The lowest BCUT2D eigenvalue weighted by Crippen LogP contribution is -2.53. The summed E-state index contributed by atoms with van der Waals surface area (Å²) < 4.78 is 0. The van der Waals surface area contributed by atoms with E-state index in [0.29, 0.717) is 11.7 Å². The standard InChI is InChI=1S/C26H32N2O/c1-18-24-25(29)22-12-11-21(27-16-19-7-4-3-5-8-19)15-23(22)26(18,2)13-6-14-28(24)17-20-9-10-20/h3-5,7-8,11-12,15,18,20,24,27H,6,9-10,13-14,16-17H2,1-2H3/t18-,24-,26?/m0/s1. The zero-order valence-electron chi connectivity index (χ0n) is 17.7. The summed E-state index contributed by atoms with van der Waals surface area (Å²) in [5.74, 6) is 1.53. The molecule has 2 aromatic carbocycles. The van der Waals surface area contributed by atoms with Crippen molar-refractivity contribution in [3.8, 4) is 0 Å². The van der Waals surface area contributed by atoms with Gasteiger partial charge in [-0.05, 0) is 78.8 Å². The topological polar surface area (TPSA) is 32.3 Å². The number of likely N-dealkylation sites (tertiary alicyclic amines) is 1. The van der Waals surface area contributed by atoms with E-state index in [0.717, 1.165) is 43.2 Å². The van der Waals surface area contributed by atoms with E-state index in [9.17, 15) is 4.79 Å². The van der Waals surface area contributed by atoms with Crippen molar-refractivity contribution in [3.05, 3.63) is 65.2 Å². The number of hydrogen-bond donors (Lipinski definition) is 1. The van der Waals surface area contributed by atoms with Gasteiger partial charge in [0, 0.05) is 24.3 Å². The molecule has 5 rings (SSSR count). The van der Waals surface area contributed by atoms with Gasteiger partial charge in [-0.2, -0.15) is 0 Å². The second-order valence-corrected chi connectivity index (χ2v) is 9.66. The number of anilines is 1. The summed E-state index contributed by atoms with van der Waals surface area (Å²) in [4.78, 5) is 16.1. The Morgan fingerprint density at radius 2 is 1.93 bits per heavy atom. The number of carbonyl (C=O) groups is 1. The number of nitrogens with zero attached hydrogens (tertiary/aromatic N) is 1. The van der Waals surface area contributed by atoms with E-state index >= 15 is 0 Å². The third kappa shape index (κ3) is 3.40. The van der Waals surface area contributed by atoms with Gasteiger partial charge in [0.05, 0.1) is 6.04 Å². The van der Waals surface area contributed by atoms with Gasteiger partial charge in [-0.3, -0.25) is 9.69 Å². The largest absolute Gasteiger partial charge is 0.381 e. The monoisotopic (exact) mass is 388 g/mol. The van der Waals surface area contributed by atoms with E-state index in [4.69, 9.17) is 0 Å². The fourth-order valence-corrected chi connectivity index (χ4v) is 5.59. The Hall–Kier alpha value is -2.13. The van der Waals surface area contributed by atoms with Gasteiger partial charge >= 0.3 is 0 Å². The first-order chi connectivity index (χ1) is 14.1. The molecule has 1 heterocycles. The van der Waals surface area contributed by atoms with Crippen LogP contribution in [0.5, 0.6) is 0 Å². The third-order valence-electron chi connectivity index (χ3n) is 7.71. The molecule has 0 amide bonds. The van der Waals surface area contributed by atoms with Gasteiger partial charge in [-0.25, -0.2) is 0 Å². The predicted octanol–water partition coefficient (Wildman–Crippen LogP) is 5.26. The Kier molecular flexibility index (Phi) is 4.74. The fraction of sp³-hybridized carbons (Fsp3) is 0.500. The Labute approximate surface area is 174 Å². The normalized spacial score (nSPS) is 29.2. The minimum absolute atomic E-state index is 0.0544. The van der Waals surface area contributed by atoms with Crippen LogP contribution in [0.3, 0.4) is 0 Å². The summed E-state index contributed by atoms with van der Waals surface area (Å²) in [5, 5.41) is 3.57. The van der Waals surface area contributed by atoms with Crippen LogP contribution in [0.25, 0.3) is 0 Å². The number of Topliss-reactive ketones (excluding diaryl/α,β-unsaturated/α-hetero) is 1. The van der Waals surface area contributed by atoms with Gasteiger partial charge in [0.2, 0.25) is 0 Å². The van der Waals surface area contributed by atoms with E-state index < -0.39 is 0 Å². The quantitative estimate of drug-likeness (QED) is 0.758. The molecule has 0 aromatic heterocycles. The highest BCUT2D eigenvalue weighted by Gasteiger charge is 2.51. The summed E-state index contributed by atoms with van der Waals surface area (Å²) in [7, 11) is 0. The van der Waals surface area contributed by atoms with E-state index in [1.807, 2.05) is 6.07 Å². The number of carbonyl (C=O) groups excluding carboxylic acids is 1. The van der Waals surface area contributed by atoms with Crippen LogP contribution >= 0.6 is 0 Å². The summed E-state index contributed by atoms with van der Waals surface area (Å²) in [6, 6.07) is 17.0. The maximum Gasteiger partial charge on any atom is 0.180 e. The van der Waals surface area contributed by atoms with Crippen LogP contribution in [0.4, 0.5) is 5.69 Å². The molecule has 2 aromatic rings. The molecule has 1 aliphatic heterocycles. The van der Waals surface area contributed by atoms with E-state index in [2.05, 4.69) is 66.5 Å². The first-order valence-electron chi connectivity index (χ1n) is 11.3. The van der Waals surface area contributed by atoms with Gasteiger partial charge in [0.15, 0.2) is 5.78 Å². The van der Waals surface area contributed by atoms with Gasteiger partial charge in [-0.1, -0.05) is 44.2 Å². The predicted molar refractivity (Wildman–Crippen MR) is 118 cm³/mol. The zero-order valence-corrected chi connectivity index (χ0v) is 17.7. The van der Waals surface area contributed by atoms with Crippen molar-refractivity contribution in [2.75, 3.05) is 18.4 Å². The van der Waals surface area contributed by atoms with Crippen LogP contribution in [0.2, 0.25) is 0 Å². The number of hydrogen-bond acceptors (Lipinski definition) is 3. The highest BCUT2D eigenvalue weighted by atomic mass is 16.1. The van der Waals surface area contributed by atoms with Crippen molar-refractivity contribution in [2.24, 2.45) is 11.8 Å². The molecular formula is C26H32N2O. The highest BCUT2D eigenvalue weighted by Crippen LogP contribution is 2.49. The molecular weight excluding hydrogens is 356 g/mol. The molecule has 1 saturated carbocycles. The SMILES string of the molecule is C[C@H]1[C@H]2C(=O)c3ccc(NCc4ccccc4)cc3C1(C)CCCN2CC1CC1. The van der Waals surface area contributed by atoms with Crippen molar-refractivity contribution < 1.29 is 4.79 Å².